The van der Waals surface area contributed by atoms with Crippen molar-refractivity contribution in [1.82, 2.24) is 5.32 Å². The zero-order chi connectivity index (χ0) is 18.8. The van der Waals surface area contributed by atoms with Gasteiger partial charge in [0.05, 0.1) is 0 Å². The fourth-order valence-corrected chi connectivity index (χ4v) is 3.13. The Kier molecular flexibility index (Phi) is 8.42. The van der Waals surface area contributed by atoms with Crippen LogP contribution >= 0.6 is 12.2 Å². The third-order valence-corrected chi connectivity index (χ3v) is 4.69. The quantitative estimate of drug-likeness (QED) is 0.598. The summed E-state index contributed by atoms with van der Waals surface area (Å²) >= 11 is 5.42. The molecule has 0 aromatic heterocycles. The number of hydrogen-bond donors (Lipinski definition) is 2. The van der Waals surface area contributed by atoms with Crippen molar-refractivity contribution in [3.05, 3.63) is 59.7 Å². The second-order valence-corrected chi connectivity index (χ2v) is 7.01. The van der Waals surface area contributed by atoms with Gasteiger partial charge in [0.1, 0.15) is 0 Å². The van der Waals surface area contributed by atoms with Gasteiger partial charge in [-0.05, 0) is 74.3 Å². The van der Waals surface area contributed by atoms with E-state index in [9.17, 15) is 0 Å². The summed E-state index contributed by atoms with van der Waals surface area (Å²) in [5.41, 5.74) is 4.96. The molecule has 2 rings (SSSR count). The summed E-state index contributed by atoms with van der Waals surface area (Å²) in [5, 5.41) is 7.25. The van der Waals surface area contributed by atoms with Gasteiger partial charge in [0.25, 0.3) is 0 Å². The molecule has 0 unspecified atom stereocenters. The van der Waals surface area contributed by atoms with Gasteiger partial charge in [-0.25, -0.2) is 0 Å². The Morgan fingerprint density at radius 2 is 1.85 bits per heavy atom. The SMILES string of the molecule is CCCCc1ccc(NC(=S)NCCN(CC)c2cccc(C)c2)cc1. The number of benzene rings is 2. The van der Waals surface area contributed by atoms with Crippen LogP contribution in [0.1, 0.15) is 37.8 Å². The standard InChI is InChI=1S/C22H31N3S/c1-4-6-9-19-11-13-20(14-12-19)24-22(26)23-15-16-25(5-2)21-10-7-8-18(3)17-21/h7-8,10-14,17H,4-6,9,15-16H2,1-3H3,(H2,23,24,26). The number of nitrogens with one attached hydrogen (secondary N) is 2. The van der Waals surface area contributed by atoms with E-state index in [1.807, 2.05) is 0 Å². The van der Waals surface area contributed by atoms with Gasteiger partial charge in [-0.2, -0.15) is 0 Å². The van der Waals surface area contributed by atoms with E-state index in [0.29, 0.717) is 5.11 Å². The number of rotatable bonds is 9. The lowest BCUT2D eigenvalue weighted by Gasteiger charge is -2.24. The van der Waals surface area contributed by atoms with E-state index in [0.717, 1.165) is 31.7 Å². The minimum atomic E-state index is 0.673. The minimum absolute atomic E-state index is 0.673. The number of nitrogens with zero attached hydrogens (tertiary/aromatic N) is 1. The van der Waals surface area contributed by atoms with Crippen molar-refractivity contribution in [3.63, 3.8) is 0 Å². The van der Waals surface area contributed by atoms with Crippen molar-refractivity contribution in [2.45, 2.75) is 40.0 Å². The van der Waals surface area contributed by atoms with Crippen LogP contribution in [-0.4, -0.2) is 24.7 Å². The Balaban J connectivity index is 1.77. The Hall–Kier alpha value is -2.07. The summed E-state index contributed by atoms with van der Waals surface area (Å²) < 4.78 is 0. The molecule has 2 N–H and O–H groups in total. The maximum absolute atomic E-state index is 5.42. The van der Waals surface area contributed by atoms with E-state index in [-0.39, 0.29) is 0 Å². The summed E-state index contributed by atoms with van der Waals surface area (Å²) in [6, 6.07) is 17.2. The molecule has 2 aromatic rings. The summed E-state index contributed by atoms with van der Waals surface area (Å²) in [6.45, 7) is 9.23. The van der Waals surface area contributed by atoms with Crippen molar-refractivity contribution in [2.24, 2.45) is 0 Å². The predicted octanol–water partition coefficient (Wildman–Crippen LogP) is 5.15. The fraction of sp³-hybridized carbons (Fsp3) is 0.409. The molecule has 0 fully saturated rings. The molecule has 0 bridgehead atoms. The number of hydrogen-bond acceptors (Lipinski definition) is 2. The van der Waals surface area contributed by atoms with Crippen LogP contribution in [0, 0.1) is 6.92 Å². The molecule has 3 nitrogen and oxygen atoms in total. The third-order valence-electron chi connectivity index (χ3n) is 4.45. The van der Waals surface area contributed by atoms with Gasteiger partial charge in [-0.15, -0.1) is 0 Å². The molecule has 0 amide bonds. The van der Waals surface area contributed by atoms with Crippen molar-refractivity contribution in [1.29, 1.82) is 0 Å². The molecule has 0 atom stereocenters. The summed E-state index contributed by atoms with van der Waals surface area (Å²) in [5.74, 6) is 0. The van der Waals surface area contributed by atoms with E-state index in [1.165, 1.54) is 29.7 Å². The molecule has 0 saturated carbocycles. The van der Waals surface area contributed by atoms with Gasteiger partial charge >= 0.3 is 0 Å². The fourth-order valence-electron chi connectivity index (χ4n) is 2.91. The number of aryl methyl sites for hydroxylation is 2. The largest absolute Gasteiger partial charge is 0.370 e. The number of likely N-dealkylation sites (N-methyl/N-ethyl adjacent to an activating group) is 1. The highest BCUT2D eigenvalue weighted by atomic mass is 32.1. The molecular weight excluding hydrogens is 338 g/mol. The Morgan fingerprint density at radius 1 is 1.08 bits per heavy atom. The van der Waals surface area contributed by atoms with Crippen LogP contribution < -0.4 is 15.5 Å². The second-order valence-electron chi connectivity index (χ2n) is 6.60. The van der Waals surface area contributed by atoms with Crippen molar-refractivity contribution in [2.75, 3.05) is 29.9 Å². The molecule has 0 radical (unpaired) electrons. The van der Waals surface area contributed by atoms with Crippen molar-refractivity contribution < 1.29 is 0 Å². The van der Waals surface area contributed by atoms with Crippen LogP contribution in [0.4, 0.5) is 11.4 Å². The van der Waals surface area contributed by atoms with Crippen LogP contribution in [0.3, 0.4) is 0 Å². The zero-order valence-electron chi connectivity index (χ0n) is 16.2. The number of thiocarbonyl (C=S) groups is 1. The molecule has 26 heavy (non-hydrogen) atoms. The van der Waals surface area contributed by atoms with Gasteiger partial charge in [-0.3, -0.25) is 0 Å². The summed E-state index contributed by atoms with van der Waals surface area (Å²) in [6.07, 6.45) is 3.61. The van der Waals surface area contributed by atoms with E-state index in [4.69, 9.17) is 12.2 Å². The van der Waals surface area contributed by atoms with Crippen molar-refractivity contribution in [3.8, 4) is 0 Å². The first-order chi connectivity index (χ1) is 12.6. The highest BCUT2D eigenvalue weighted by Crippen LogP contribution is 2.15. The monoisotopic (exact) mass is 369 g/mol. The Labute approximate surface area is 163 Å². The predicted molar refractivity (Wildman–Crippen MR) is 118 cm³/mol. The Bertz CT molecular complexity index is 682. The number of anilines is 2. The second kappa shape index (κ2) is 10.8. The molecule has 0 saturated heterocycles. The maximum Gasteiger partial charge on any atom is 0.170 e. The van der Waals surface area contributed by atoms with Crippen LogP contribution in [0.15, 0.2) is 48.5 Å². The highest BCUT2D eigenvalue weighted by molar-refractivity contribution is 7.80. The van der Waals surface area contributed by atoms with Gasteiger partial charge in [-0.1, -0.05) is 37.6 Å². The van der Waals surface area contributed by atoms with Crippen LogP contribution in [0.25, 0.3) is 0 Å². The average Bonchev–Trinajstić information content (AvgIpc) is 2.64. The minimum Gasteiger partial charge on any atom is -0.370 e. The van der Waals surface area contributed by atoms with E-state index in [1.54, 1.807) is 0 Å². The van der Waals surface area contributed by atoms with Gasteiger partial charge in [0, 0.05) is 31.0 Å². The average molecular weight is 370 g/mol. The van der Waals surface area contributed by atoms with Gasteiger partial charge < -0.3 is 15.5 Å². The Morgan fingerprint density at radius 3 is 2.50 bits per heavy atom. The summed E-state index contributed by atoms with van der Waals surface area (Å²) in [4.78, 5) is 2.35. The lowest BCUT2D eigenvalue weighted by atomic mass is 10.1. The van der Waals surface area contributed by atoms with E-state index < -0.39 is 0 Å². The van der Waals surface area contributed by atoms with E-state index >= 15 is 0 Å². The molecule has 2 aromatic carbocycles. The topological polar surface area (TPSA) is 27.3 Å². The zero-order valence-corrected chi connectivity index (χ0v) is 17.0. The smallest absolute Gasteiger partial charge is 0.170 e. The maximum atomic E-state index is 5.42. The first kappa shape index (κ1) is 20.2. The molecule has 0 aliphatic carbocycles. The third kappa shape index (κ3) is 6.68. The molecule has 0 aliphatic rings. The lowest BCUT2D eigenvalue weighted by Crippen LogP contribution is -2.36. The molecule has 0 spiro atoms. The molecule has 0 aliphatic heterocycles. The first-order valence-corrected chi connectivity index (χ1v) is 9.98. The normalized spacial score (nSPS) is 10.4. The molecular formula is C22H31N3S. The lowest BCUT2D eigenvalue weighted by molar-refractivity contribution is 0.779. The van der Waals surface area contributed by atoms with Crippen LogP contribution in [-0.2, 0) is 6.42 Å². The van der Waals surface area contributed by atoms with Gasteiger partial charge in [0.2, 0.25) is 0 Å². The number of unbranched alkanes of at least 4 members (excludes halogenated alkanes) is 1. The van der Waals surface area contributed by atoms with E-state index in [2.05, 4.69) is 84.8 Å². The van der Waals surface area contributed by atoms with Crippen molar-refractivity contribution >= 4 is 28.7 Å². The van der Waals surface area contributed by atoms with Crippen LogP contribution in [0.5, 0.6) is 0 Å². The molecule has 0 heterocycles. The van der Waals surface area contributed by atoms with Crippen LogP contribution in [0.2, 0.25) is 0 Å². The highest BCUT2D eigenvalue weighted by Gasteiger charge is 2.05. The molecule has 4 heteroatoms. The summed E-state index contributed by atoms with van der Waals surface area (Å²) in [7, 11) is 0. The van der Waals surface area contributed by atoms with Gasteiger partial charge in [0.15, 0.2) is 5.11 Å². The molecule has 140 valence electrons. The first-order valence-electron chi connectivity index (χ1n) is 9.57.